The Kier molecular flexibility index (Phi) is 4.04. The summed E-state index contributed by atoms with van der Waals surface area (Å²) < 4.78 is 0. The predicted molar refractivity (Wildman–Crippen MR) is 63.1 cm³/mol. The van der Waals surface area contributed by atoms with Gasteiger partial charge in [0.25, 0.3) is 0 Å². The molecule has 0 radical (unpaired) electrons. The van der Waals surface area contributed by atoms with Crippen molar-refractivity contribution in [2.75, 3.05) is 0 Å². The molecule has 1 saturated heterocycles. The van der Waals surface area contributed by atoms with Gasteiger partial charge in [0.1, 0.15) is 5.41 Å². The van der Waals surface area contributed by atoms with Gasteiger partial charge < -0.3 is 0 Å². The molecule has 17 heavy (non-hydrogen) atoms. The molecule has 0 bridgehead atoms. The lowest BCUT2D eigenvalue weighted by atomic mass is 9.73. The summed E-state index contributed by atoms with van der Waals surface area (Å²) in [7, 11) is 0. The molecular weight excluding hydrogens is 220 g/mol. The minimum atomic E-state index is -1.22. The van der Waals surface area contributed by atoms with Crippen molar-refractivity contribution in [2.24, 2.45) is 5.41 Å². The van der Waals surface area contributed by atoms with Gasteiger partial charge in [-0.05, 0) is 20.3 Å². The average Bonchev–Trinajstić information content (AvgIpc) is 2.27. The standard InChI is InChI=1S/C12H18N2O3/c1-4-6-7-12(8(3)5-2)9(15)13-11(17)14-10(12)16/h5H,4,6-7H2,1-3H3,(H2,13,14,15,16,17)/b8-5+. The van der Waals surface area contributed by atoms with Crippen molar-refractivity contribution in [3.63, 3.8) is 0 Å². The van der Waals surface area contributed by atoms with Crippen LogP contribution in [0.4, 0.5) is 4.79 Å². The second-order valence-electron chi connectivity index (χ2n) is 4.22. The van der Waals surface area contributed by atoms with E-state index in [0.29, 0.717) is 12.0 Å². The number of hydrogen-bond acceptors (Lipinski definition) is 3. The van der Waals surface area contributed by atoms with Gasteiger partial charge in [0.2, 0.25) is 11.8 Å². The molecule has 1 aliphatic rings. The van der Waals surface area contributed by atoms with E-state index in [1.807, 2.05) is 6.92 Å². The van der Waals surface area contributed by atoms with E-state index in [4.69, 9.17) is 0 Å². The van der Waals surface area contributed by atoms with Gasteiger partial charge in [0.15, 0.2) is 0 Å². The largest absolute Gasteiger partial charge is 0.328 e. The van der Waals surface area contributed by atoms with Crippen molar-refractivity contribution in [3.8, 4) is 0 Å². The highest BCUT2D eigenvalue weighted by Crippen LogP contribution is 2.35. The van der Waals surface area contributed by atoms with Crippen molar-refractivity contribution < 1.29 is 14.4 Å². The second kappa shape index (κ2) is 5.12. The molecule has 1 heterocycles. The number of carbonyl (C=O) groups is 3. The van der Waals surface area contributed by atoms with Crippen LogP contribution in [0.2, 0.25) is 0 Å². The van der Waals surface area contributed by atoms with E-state index in [1.54, 1.807) is 19.9 Å². The van der Waals surface area contributed by atoms with Crippen LogP contribution in [0.15, 0.2) is 11.6 Å². The summed E-state index contributed by atoms with van der Waals surface area (Å²) in [5, 5.41) is 4.35. The number of nitrogens with one attached hydrogen (secondary N) is 2. The minimum absolute atomic E-state index is 0.421. The summed E-state index contributed by atoms with van der Waals surface area (Å²) >= 11 is 0. The Hall–Kier alpha value is -1.65. The van der Waals surface area contributed by atoms with Crippen LogP contribution in [0.1, 0.15) is 40.0 Å². The van der Waals surface area contributed by atoms with Gasteiger partial charge in [-0.15, -0.1) is 0 Å². The van der Waals surface area contributed by atoms with E-state index in [9.17, 15) is 14.4 Å². The quantitative estimate of drug-likeness (QED) is 0.575. The Balaban J connectivity index is 3.16. The molecule has 0 aliphatic carbocycles. The monoisotopic (exact) mass is 238 g/mol. The first-order valence-corrected chi connectivity index (χ1v) is 5.79. The summed E-state index contributed by atoms with van der Waals surface area (Å²) in [4.78, 5) is 35.1. The van der Waals surface area contributed by atoms with E-state index in [2.05, 4.69) is 10.6 Å². The van der Waals surface area contributed by atoms with Crippen molar-refractivity contribution >= 4 is 17.8 Å². The molecule has 0 aromatic rings. The number of unbranched alkanes of at least 4 members (excludes halogenated alkanes) is 1. The first kappa shape index (κ1) is 13.4. The summed E-state index contributed by atoms with van der Waals surface area (Å²) in [5.74, 6) is -1.04. The van der Waals surface area contributed by atoms with E-state index < -0.39 is 23.3 Å². The maximum absolute atomic E-state index is 12.0. The van der Waals surface area contributed by atoms with E-state index in [0.717, 1.165) is 12.8 Å². The summed E-state index contributed by atoms with van der Waals surface area (Å²) in [5.41, 5.74) is -0.549. The predicted octanol–water partition coefficient (Wildman–Crippen LogP) is 1.50. The van der Waals surface area contributed by atoms with Crippen molar-refractivity contribution in [1.82, 2.24) is 10.6 Å². The van der Waals surface area contributed by atoms with Gasteiger partial charge in [-0.3, -0.25) is 20.2 Å². The Bertz CT molecular complexity index is 365. The molecule has 94 valence electrons. The highest BCUT2D eigenvalue weighted by atomic mass is 16.2. The maximum Gasteiger partial charge on any atom is 0.328 e. The zero-order valence-corrected chi connectivity index (χ0v) is 10.4. The van der Waals surface area contributed by atoms with Crippen LogP contribution < -0.4 is 10.6 Å². The molecule has 0 unspecified atom stereocenters. The number of urea groups is 1. The van der Waals surface area contributed by atoms with E-state index >= 15 is 0 Å². The highest BCUT2D eigenvalue weighted by molar-refractivity contribution is 6.21. The van der Waals surface area contributed by atoms with Gasteiger partial charge >= 0.3 is 6.03 Å². The van der Waals surface area contributed by atoms with Crippen LogP contribution in [0.5, 0.6) is 0 Å². The molecule has 1 fully saturated rings. The Morgan fingerprint density at radius 3 is 2.18 bits per heavy atom. The first-order valence-electron chi connectivity index (χ1n) is 5.79. The third-order valence-corrected chi connectivity index (χ3v) is 3.24. The zero-order valence-electron chi connectivity index (χ0n) is 10.4. The molecule has 5 heteroatoms. The first-order chi connectivity index (χ1) is 7.98. The number of carbonyl (C=O) groups excluding carboxylic acids is 3. The van der Waals surface area contributed by atoms with Crippen LogP contribution in [0.3, 0.4) is 0 Å². The fourth-order valence-electron chi connectivity index (χ4n) is 2.02. The molecule has 1 aliphatic heterocycles. The Labute approximate surface area is 101 Å². The van der Waals surface area contributed by atoms with Gasteiger partial charge in [-0.25, -0.2) is 4.79 Å². The molecule has 0 aromatic heterocycles. The van der Waals surface area contributed by atoms with Gasteiger partial charge in [-0.1, -0.05) is 31.4 Å². The average molecular weight is 238 g/mol. The fourth-order valence-corrected chi connectivity index (χ4v) is 2.02. The smallest absolute Gasteiger partial charge is 0.277 e. The molecule has 1 rings (SSSR count). The lowest BCUT2D eigenvalue weighted by Gasteiger charge is -2.34. The topological polar surface area (TPSA) is 75.3 Å². The molecule has 2 N–H and O–H groups in total. The summed E-state index contributed by atoms with van der Waals surface area (Å²) in [6.07, 6.45) is 3.79. The molecule has 5 nitrogen and oxygen atoms in total. The van der Waals surface area contributed by atoms with E-state index in [-0.39, 0.29) is 0 Å². The molecule has 0 spiro atoms. The van der Waals surface area contributed by atoms with Gasteiger partial charge in [-0.2, -0.15) is 0 Å². The Morgan fingerprint density at radius 1 is 1.24 bits per heavy atom. The number of allylic oxidation sites excluding steroid dienone is 1. The lowest BCUT2D eigenvalue weighted by Crippen LogP contribution is -2.62. The molecule has 0 saturated carbocycles. The molecule has 0 atom stereocenters. The SMILES string of the molecule is C/C=C(\C)C1(CCCC)C(=O)NC(=O)NC1=O. The third-order valence-electron chi connectivity index (χ3n) is 3.24. The summed E-state index contributed by atoms with van der Waals surface area (Å²) in [6, 6.07) is -0.740. The minimum Gasteiger partial charge on any atom is -0.277 e. The van der Waals surface area contributed by atoms with Gasteiger partial charge in [0.05, 0.1) is 0 Å². The lowest BCUT2D eigenvalue weighted by molar-refractivity contribution is -0.142. The normalized spacial score (nSPS) is 19.9. The fraction of sp³-hybridized carbons (Fsp3) is 0.583. The number of amides is 4. The molecule has 4 amide bonds. The van der Waals surface area contributed by atoms with Crippen molar-refractivity contribution in [2.45, 2.75) is 40.0 Å². The van der Waals surface area contributed by atoms with E-state index in [1.165, 1.54) is 0 Å². The number of hydrogen-bond donors (Lipinski definition) is 2. The highest BCUT2D eigenvalue weighted by Gasteiger charge is 2.50. The third kappa shape index (κ3) is 2.23. The number of rotatable bonds is 4. The van der Waals surface area contributed by atoms with Crippen molar-refractivity contribution in [1.29, 1.82) is 0 Å². The van der Waals surface area contributed by atoms with Crippen LogP contribution in [-0.4, -0.2) is 17.8 Å². The second-order valence-corrected chi connectivity index (χ2v) is 4.22. The van der Waals surface area contributed by atoms with Gasteiger partial charge in [0, 0.05) is 0 Å². The maximum atomic E-state index is 12.0. The molecule has 0 aromatic carbocycles. The van der Waals surface area contributed by atoms with Crippen molar-refractivity contribution in [3.05, 3.63) is 11.6 Å². The van der Waals surface area contributed by atoms with Crippen LogP contribution in [-0.2, 0) is 9.59 Å². The molecular formula is C12H18N2O3. The number of imide groups is 2. The van der Waals surface area contributed by atoms with Crippen LogP contribution in [0, 0.1) is 5.41 Å². The number of barbiturate groups is 1. The summed E-state index contributed by atoms with van der Waals surface area (Å²) in [6.45, 7) is 5.51. The Morgan fingerprint density at radius 2 is 1.76 bits per heavy atom. The van der Waals surface area contributed by atoms with Crippen LogP contribution >= 0.6 is 0 Å². The zero-order chi connectivity index (χ0) is 13.1. The van der Waals surface area contributed by atoms with Crippen LogP contribution in [0.25, 0.3) is 0 Å².